The van der Waals surface area contributed by atoms with E-state index in [1.54, 1.807) is 12.4 Å². The number of halogens is 1. The molecule has 132 valence electrons. The van der Waals surface area contributed by atoms with Crippen LogP contribution in [0.3, 0.4) is 0 Å². The normalized spacial score (nSPS) is 10.1. The van der Waals surface area contributed by atoms with E-state index < -0.39 is 5.97 Å². The molecule has 0 spiro atoms. The molecule has 8 nitrogen and oxygen atoms in total. The number of aromatic amines is 1. The van der Waals surface area contributed by atoms with Crippen molar-refractivity contribution in [2.45, 2.75) is 6.92 Å². The van der Waals surface area contributed by atoms with Gasteiger partial charge in [-0.25, -0.2) is 4.79 Å². The lowest BCUT2D eigenvalue weighted by atomic mass is 10.2. The van der Waals surface area contributed by atoms with Crippen molar-refractivity contribution >= 4 is 68.9 Å². The van der Waals surface area contributed by atoms with Gasteiger partial charge in [0.1, 0.15) is 11.2 Å². The van der Waals surface area contributed by atoms with E-state index in [1.165, 1.54) is 11.3 Å². The largest absolute Gasteiger partial charge is 0.461 e. The van der Waals surface area contributed by atoms with E-state index in [0.717, 1.165) is 10.9 Å². The van der Waals surface area contributed by atoms with E-state index in [2.05, 4.69) is 25.8 Å². The molecule has 0 aliphatic heterocycles. The first kappa shape index (κ1) is 19.1. The molecule has 3 aromatic rings. The summed E-state index contributed by atoms with van der Waals surface area (Å²) in [4.78, 5) is 27.3. The van der Waals surface area contributed by atoms with Crippen LogP contribution >= 0.6 is 35.3 Å². The van der Waals surface area contributed by atoms with E-state index in [0.29, 0.717) is 10.8 Å². The van der Waals surface area contributed by atoms with Crippen LogP contribution in [-0.2, 0) is 9.53 Å². The molecule has 2 aromatic heterocycles. The quantitative estimate of drug-likeness (QED) is 0.375. The van der Waals surface area contributed by atoms with Gasteiger partial charge >= 0.3 is 5.97 Å². The van der Waals surface area contributed by atoms with Crippen LogP contribution < -0.4 is 10.6 Å². The van der Waals surface area contributed by atoms with Gasteiger partial charge in [-0.3, -0.25) is 4.79 Å². The molecule has 0 atom stereocenters. The Balaban J connectivity index is 0.00000225. The highest BCUT2D eigenvalue weighted by Gasteiger charge is 2.20. The summed E-state index contributed by atoms with van der Waals surface area (Å²) in [5.74, 6) is -0.818. The van der Waals surface area contributed by atoms with Gasteiger partial charge in [0.2, 0.25) is 11.0 Å². The van der Waals surface area contributed by atoms with E-state index in [1.807, 2.05) is 24.3 Å². The number of nitrogens with one attached hydrogen (secondary N) is 3. The molecule has 0 aliphatic rings. The topological polar surface area (TPSA) is 109 Å². The Kier molecular flexibility index (Phi) is 6.70. The summed E-state index contributed by atoms with van der Waals surface area (Å²) in [6, 6.07) is 7.33. The number of H-pyrrole nitrogens is 1. The van der Waals surface area contributed by atoms with E-state index in [-0.39, 0.29) is 48.7 Å². The van der Waals surface area contributed by atoms with Crippen LogP contribution in [0.5, 0.6) is 0 Å². The number of benzene rings is 1. The molecule has 3 N–H and O–H groups in total. The number of esters is 1. The molecular weight excluding hydrogens is 457 g/mol. The fourth-order valence-electron chi connectivity index (χ4n) is 2.22. The van der Waals surface area contributed by atoms with Gasteiger partial charge in [-0.1, -0.05) is 29.5 Å². The first-order valence-corrected chi connectivity index (χ1v) is 8.14. The fraction of sp³-hybridized carbons (Fsp3) is 0.200. The molecule has 0 bridgehead atoms. The predicted octanol–water partition coefficient (Wildman–Crippen LogP) is 2.86. The minimum atomic E-state index is -0.513. The number of carbonyl (C=O) groups excluding carboxylic acids is 2. The molecule has 0 radical (unpaired) electrons. The second kappa shape index (κ2) is 8.76. The van der Waals surface area contributed by atoms with Crippen LogP contribution in [0.15, 0.2) is 29.8 Å². The van der Waals surface area contributed by atoms with Crippen LogP contribution in [0.2, 0.25) is 0 Å². The number of hydrogen-bond acceptors (Lipinski definition) is 7. The molecule has 25 heavy (non-hydrogen) atoms. The van der Waals surface area contributed by atoms with Crippen molar-refractivity contribution in [3.63, 3.8) is 0 Å². The number of anilines is 2. The van der Waals surface area contributed by atoms with E-state index in [9.17, 15) is 9.59 Å². The monoisotopic (exact) mass is 473 g/mol. The standard InChI is InChI=1S/C15H15N5O3S.HI/c1-2-23-14(22)13-12(9-5-3-4-6-10(9)18-13)19-11(21)7-16-15-20-17-8-24-15;/h3-6,8,18H,2,7H2,1H3,(H,16,20)(H,19,21);1H. The first-order valence-electron chi connectivity index (χ1n) is 7.26. The van der Waals surface area contributed by atoms with Crippen LogP contribution in [-0.4, -0.2) is 40.2 Å². The number of aromatic nitrogens is 3. The second-order valence-corrected chi connectivity index (χ2v) is 5.62. The Bertz CT molecular complexity index is 865. The molecule has 3 rings (SSSR count). The van der Waals surface area contributed by atoms with Gasteiger partial charge in [0.05, 0.1) is 18.8 Å². The number of fused-ring (bicyclic) bond motifs is 1. The Morgan fingerprint density at radius 2 is 2.12 bits per heavy atom. The van der Waals surface area contributed by atoms with Crippen LogP contribution in [0.1, 0.15) is 17.4 Å². The number of nitrogens with zero attached hydrogens (tertiary/aromatic N) is 2. The number of carbonyl (C=O) groups is 2. The lowest BCUT2D eigenvalue weighted by Gasteiger charge is -2.07. The van der Waals surface area contributed by atoms with Crippen molar-refractivity contribution in [1.82, 2.24) is 15.2 Å². The van der Waals surface area contributed by atoms with Crippen molar-refractivity contribution in [2.24, 2.45) is 0 Å². The van der Waals surface area contributed by atoms with Crippen molar-refractivity contribution < 1.29 is 14.3 Å². The fourth-order valence-corrected chi connectivity index (χ4v) is 2.66. The van der Waals surface area contributed by atoms with Gasteiger partial charge in [-0.2, -0.15) is 0 Å². The summed E-state index contributed by atoms with van der Waals surface area (Å²) in [5, 5.41) is 14.4. The highest BCUT2D eigenvalue weighted by Crippen LogP contribution is 2.28. The van der Waals surface area contributed by atoms with Crippen molar-refractivity contribution in [3.05, 3.63) is 35.5 Å². The van der Waals surface area contributed by atoms with Gasteiger partial charge in [0.25, 0.3) is 0 Å². The lowest BCUT2D eigenvalue weighted by Crippen LogP contribution is -2.23. The van der Waals surface area contributed by atoms with Gasteiger partial charge < -0.3 is 20.4 Å². The number of hydrogen-bond donors (Lipinski definition) is 3. The van der Waals surface area contributed by atoms with E-state index in [4.69, 9.17) is 4.74 Å². The maximum Gasteiger partial charge on any atom is 0.356 e. The SMILES string of the molecule is CCOC(=O)c1[nH]c2ccccc2c1NC(=O)CNc1nncs1.I. The highest BCUT2D eigenvalue weighted by atomic mass is 127. The zero-order valence-electron chi connectivity index (χ0n) is 13.2. The summed E-state index contributed by atoms with van der Waals surface area (Å²) in [7, 11) is 0. The molecule has 0 unspecified atom stereocenters. The number of para-hydroxylation sites is 1. The summed E-state index contributed by atoms with van der Waals surface area (Å²) < 4.78 is 5.04. The Morgan fingerprint density at radius 3 is 2.84 bits per heavy atom. The highest BCUT2D eigenvalue weighted by molar-refractivity contribution is 14.0. The van der Waals surface area contributed by atoms with Gasteiger partial charge in [-0.05, 0) is 13.0 Å². The third-order valence-corrected chi connectivity index (χ3v) is 3.86. The maximum atomic E-state index is 12.2. The first-order chi connectivity index (χ1) is 11.7. The smallest absolute Gasteiger partial charge is 0.356 e. The molecule has 0 fully saturated rings. The van der Waals surface area contributed by atoms with Gasteiger partial charge in [0.15, 0.2) is 0 Å². The summed E-state index contributed by atoms with van der Waals surface area (Å²) in [6.45, 7) is 1.99. The zero-order valence-corrected chi connectivity index (χ0v) is 16.4. The molecular formula is C15H16IN5O3S. The third-order valence-electron chi connectivity index (χ3n) is 3.21. The molecule has 1 aromatic carbocycles. The maximum absolute atomic E-state index is 12.2. The van der Waals surface area contributed by atoms with Gasteiger partial charge in [-0.15, -0.1) is 34.2 Å². The number of rotatable bonds is 6. The van der Waals surface area contributed by atoms with Crippen molar-refractivity contribution in [3.8, 4) is 0 Å². The zero-order chi connectivity index (χ0) is 16.9. The molecule has 1 amide bonds. The third kappa shape index (κ3) is 4.45. The van der Waals surface area contributed by atoms with Crippen LogP contribution in [0.25, 0.3) is 10.9 Å². The molecule has 2 heterocycles. The van der Waals surface area contributed by atoms with Crippen LogP contribution in [0.4, 0.5) is 10.8 Å². The van der Waals surface area contributed by atoms with Crippen molar-refractivity contribution in [1.29, 1.82) is 0 Å². The average Bonchev–Trinajstić information content (AvgIpc) is 3.21. The summed E-state index contributed by atoms with van der Waals surface area (Å²) in [5.41, 5.74) is 2.95. The minimum absolute atomic E-state index is 0. The van der Waals surface area contributed by atoms with E-state index >= 15 is 0 Å². The van der Waals surface area contributed by atoms with Crippen molar-refractivity contribution in [2.75, 3.05) is 23.8 Å². The minimum Gasteiger partial charge on any atom is -0.461 e. The molecule has 0 aliphatic carbocycles. The molecule has 0 saturated heterocycles. The number of ether oxygens (including phenoxy) is 1. The molecule has 0 saturated carbocycles. The summed E-state index contributed by atoms with van der Waals surface area (Å²) in [6.07, 6.45) is 0. The average molecular weight is 473 g/mol. The van der Waals surface area contributed by atoms with Crippen LogP contribution in [0, 0.1) is 0 Å². The lowest BCUT2D eigenvalue weighted by molar-refractivity contribution is -0.114. The Labute approximate surface area is 164 Å². The number of amides is 1. The second-order valence-electron chi connectivity index (χ2n) is 4.79. The summed E-state index contributed by atoms with van der Waals surface area (Å²) >= 11 is 1.30. The predicted molar refractivity (Wildman–Crippen MR) is 107 cm³/mol. The Morgan fingerprint density at radius 1 is 1.32 bits per heavy atom. The Hall–Kier alpha value is -2.21. The molecule has 10 heteroatoms. The van der Waals surface area contributed by atoms with Gasteiger partial charge in [0, 0.05) is 10.9 Å².